The summed E-state index contributed by atoms with van der Waals surface area (Å²) in [6, 6.07) is 20.0. The first-order valence-electron chi connectivity index (χ1n) is 9.77. The highest BCUT2D eigenvalue weighted by Crippen LogP contribution is 2.32. The first kappa shape index (κ1) is 24.4. The van der Waals surface area contributed by atoms with Crippen LogP contribution in [-0.4, -0.2) is 9.55 Å². The maximum Gasteiger partial charge on any atom is 0.416 e. The van der Waals surface area contributed by atoms with Crippen molar-refractivity contribution in [2.45, 2.75) is 19.1 Å². The maximum absolute atomic E-state index is 12.8. The topological polar surface area (TPSA) is 41.6 Å². The Balaban J connectivity index is 0.00000306. The van der Waals surface area contributed by atoms with Crippen molar-refractivity contribution in [2.75, 3.05) is 0 Å². The molecule has 0 saturated carbocycles. The average Bonchev–Trinajstić information content (AvgIpc) is 3.21. The van der Waals surface area contributed by atoms with Crippen molar-refractivity contribution >= 4 is 24.0 Å². The van der Waals surface area contributed by atoms with Gasteiger partial charge in [0, 0.05) is 23.3 Å². The Morgan fingerprint density at radius 1 is 0.939 bits per heavy atom. The molecule has 1 aromatic heterocycles. The summed E-state index contributed by atoms with van der Waals surface area (Å²) in [6.45, 7) is 0.512. The largest absolute Gasteiger partial charge is 0.416 e. The van der Waals surface area contributed by atoms with Crippen LogP contribution in [0.5, 0.6) is 0 Å². The highest BCUT2D eigenvalue weighted by Gasteiger charge is 2.29. The van der Waals surface area contributed by atoms with E-state index in [0.717, 1.165) is 34.5 Å². The van der Waals surface area contributed by atoms with Gasteiger partial charge < -0.3 is 4.57 Å². The number of halogens is 5. The molecule has 0 fully saturated rings. The van der Waals surface area contributed by atoms with E-state index in [1.807, 2.05) is 28.8 Å². The van der Waals surface area contributed by atoms with Gasteiger partial charge in [-0.25, -0.2) is 4.98 Å². The van der Waals surface area contributed by atoms with Crippen molar-refractivity contribution in [1.29, 1.82) is 5.26 Å². The van der Waals surface area contributed by atoms with Gasteiger partial charge in [0.25, 0.3) is 0 Å². The van der Waals surface area contributed by atoms with Crippen LogP contribution >= 0.6 is 24.0 Å². The number of rotatable bonds is 5. The third-order valence-electron chi connectivity index (χ3n) is 5.21. The lowest BCUT2D eigenvalue weighted by atomic mass is 10.0. The molecule has 0 atom stereocenters. The van der Waals surface area contributed by atoms with Crippen LogP contribution in [0, 0.1) is 11.3 Å². The smallest absolute Gasteiger partial charge is 0.330 e. The van der Waals surface area contributed by atoms with Gasteiger partial charge >= 0.3 is 6.18 Å². The number of nitriles is 1. The molecule has 8 heteroatoms. The molecule has 4 aromatic rings. The number of aromatic nitrogens is 2. The maximum atomic E-state index is 12.8. The monoisotopic (exact) mass is 487 g/mol. The van der Waals surface area contributed by atoms with Crippen LogP contribution in [0.25, 0.3) is 11.1 Å². The van der Waals surface area contributed by atoms with E-state index < -0.39 is 11.7 Å². The lowest BCUT2D eigenvalue weighted by Gasteiger charge is -2.12. The predicted molar refractivity (Wildman–Crippen MR) is 124 cm³/mol. The molecule has 4 rings (SSSR count). The molecule has 0 unspecified atom stereocenters. The van der Waals surface area contributed by atoms with Crippen molar-refractivity contribution in [3.05, 3.63) is 112 Å². The van der Waals surface area contributed by atoms with Crippen molar-refractivity contribution in [3.63, 3.8) is 0 Å². The van der Waals surface area contributed by atoms with E-state index in [0.29, 0.717) is 29.1 Å². The standard InChI is InChI=1S/C25H17ClF3N3.ClH/c26-24-12-20(19-7-9-22(10-8-19)25(27,28)29)5-6-21(24)15-32-16-31-14-23(32)11-17-1-3-18(13-30)4-2-17;/h1-10,12,14,16H,11,15H2;1H. The fourth-order valence-corrected chi connectivity index (χ4v) is 3.67. The molecular formula is C25H18Cl2F3N3. The first-order valence-corrected chi connectivity index (χ1v) is 10.2. The Bertz CT molecular complexity index is 1270. The second-order valence-electron chi connectivity index (χ2n) is 7.38. The molecule has 33 heavy (non-hydrogen) atoms. The van der Waals surface area contributed by atoms with Gasteiger partial charge in [0.2, 0.25) is 0 Å². The first-order chi connectivity index (χ1) is 15.3. The quantitative estimate of drug-likeness (QED) is 0.299. The molecule has 0 amide bonds. The van der Waals surface area contributed by atoms with Gasteiger partial charge in [0.05, 0.1) is 30.1 Å². The molecule has 0 saturated heterocycles. The van der Waals surface area contributed by atoms with Gasteiger partial charge in [-0.2, -0.15) is 18.4 Å². The van der Waals surface area contributed by atoms with Crippen molar-refractivity contribution in [1.82, 2.24) is 9.55 Å². The van der Waals surface area contributed by atoms with Gasteiger partial charge in [0.1, 0.15) is 0 Å². The van der Waals surface area contributed by atoms with E-state index in [1.165, 1.54) is 12.1 Å². The average molecular weight is 488 g/mol. The van der Waals surface area contributed by atoms with Gasteiger partial charge in [-0.3, -0.25) is 0 Å². The number of hydrogen-bond acceptors (Lipinski definition) is 2. The number of alkyl halides is 3. The molecule has 0 radical (unpaired) electrons. The summed E-state index contributed by atoms with van der Waals surface area (Å²) in [5, 5.41) is 9.46. The van der Waals surface area contributed by atoms with E-state index in [9.17, 15) is 13.2 Å². The van der Waals surface area contributed by atoms with E-state index >= 15 is 0 Å². The Morgan fingerprint density at radius 3 is 2.21 bits per heavy atom. The van der Waals surface area contributed by atoms with Gasteiger partial charge in [-0.1, -0.05) is 48.0 Å². The second-order valence-corrected chi connectivity index (χ2v) is 7.79. The predicted octanol–water partition coefficient (Wildman–Crippen LogP) is 7.15. The molecule has 168 valence electrons. The molecule has 0 spiro atoms. The van der Waals surface area contributed by atoms with Crippen LogP contribution in [0.15, 0.2) is 79.3 Å². The molecule has 3 nitrogen and oxygen atoms in total. The molecule has 3 aromatic carbocycles. The van der Waals surface area contributed by atoms with Crippen LogP contribution in [0.4, 0.5) is 13.2 Å². The van der Waals surface area contributed by atoms with E-state index in [-0.39, 0.29) is 12.4 Å². The van der Waals surface area contributed by atoms with Crippen LogP contribution in [0.2, 0.25) is 5.02 Å². The summed E-state index contributed by atoms with van der Waals surface area (Å²) in [6.07, 6.45) is -0.172. The number of nitrogens with zero attached hydrogens (tertiary/aromatic N) is 3. The molecule has 0 N–H and O–H groups in total. The minimum absolute atomic E-state index is 0. The van der Waals surface area contributed by atoms with Crippen LogP contribution in [-0.2, 0) is 19.1 Å². The highest BCUT2D eigenvalue weighted by atomic mass is 35.5. The zero-order valence-corrected chi connectivity index (χ0v) is 18.8. The summed E-state index contributed by atoms with van der Waals surface area (Å²) in [5.74, 6) is 0. The van der Waals surface area contributed by atoms with E-state index in [1.54, 1.807) is 30.7 Å². The SMILES string of the molecule is Cl.N#Cc1ccc(Cc2cncn2Cc2ccc(-c3ccc(C(F)(F)F)cc3)cc2Cl)cc1. The Kier molecular flexibility index (Phi) is 7.47. The van der Waals surface area contributed by atoms with Crippen molar-refractivity contribution < 1.29 is 13.2 Å². The fraction of sp³-hybridized carbons (Fsp3) is 0.120. The Morgan fingerprint density at radius 2 is 1.61 bits per heavy atom. The third kappa shape index (κ3) is 5.75. The summed E-state index contributed by atoms with van der Waals surface area (Å²) >= 11 is 6.50. The number of hydrogen-bond donors (Lipinski definition) is 0. The van der Waals surface area contributed by atoms with Crippen LogP contribution in [0.1, 0.15) is 27.9 Å². The summed E-state index contributed by atoms with van der Waals surface area (Å²) < 4.78 is 40.3. The van der Waals surface area contributed by atoms with Gasteiger partial charge in [-0.15, -0.1) is 12.4 Å². The Labute approximate surface area is 200 Å². The second kappa shape index (κ2) is 10.1. The molecule has 0 aliphatic heterocycles. The zero-order valence-electron chi connectivity index (χ0n) is 17.2. The molecular weight excluding hydrogens is 470 g/mol. The minimum Gasteiger partial charge on any atom is -0.330 e. The highest BCUT2D eigenvalue weighted by molar-refractivity contribution is 6.31. The van der Waals surface area contributed by atoms with Gasteiger partial charge in [-0.05, 0) is 52.6 Å². The van der Waals surface area contributed by atoms with Crippen LogP contribution in [0.3, 0.4) is 0 Å². The van der Waals surface area contributed by atoms with Crippen LogP contribution < -0.4 is 0 Å². The normalized spacial score (nSPS) is 11.0. The third-order valence-corrected chi connectivity index (χ3v) is 5.56. The molecule has 0 bridgehead atoms. The number of benzene rings is 3. The summed E-state index contributed by atoms with van der Waals surface area (Å²) in [4.78, 5) is 4.25. The lowest BCUT2D eigenvalue weighted by molar-refractivity contribution is -0.137. The lowest BCUT2D eigenvalue weighted by Crippen LogP contribution is -2.05. The number of imidazole rings is 1. The minimum atomic E-state index is -4.36. The van der Waals surface area contributed by atoms with Gasteiger partial charge in [0.15, 0.2) is 0 Å². The van der Waals surface area contributed by atoms with E-state index in [4.69, 9.17) is 16.9 Å². The Hall–Kier alpha value is -3.27. The molecule has 0 aliphatic carbocycles. The van der Waals surface area contributed by atoms with Crippen molar-refractivity contribution in [3.8, 4) is 17.2 Å². The fourth-order valence-electron chi connectivity index (χ4n) is 3.43. The van der Waals surface area contributed by atoms with E-state index in [2.05, 4.69) is 11.1 Å². The summed E-state index contributed by atoms with van der Waals surface area (Å²) in [7, 11) is 0. The van der Waals surface area contributed by atoms with Crippen molar-refractivity contribution in [2.24, 2.45) is 0 Å². The molecule has 0 aliphatic rings. The molecule has 1 heterocycles. The zero-order chi connectivity index (χ0) is 22.7. The summed E-state index contributed by atoms with van der Waals surface area (Å²) in [5.41, 5.74) is 4.28.